The van der Waals surface area contributed by atoms with Gasteiger partial charge in [-0.2, -0.15) is 0 Å². The van der Waals surface area contributed by atoms with E-state index in [0.717, 1.165) is 0 Å². The third-order valence-corrected chi connectivity index (χ3v) is 0. The molecule has 0 saturated carbocycles. The largest absolute Gasteiger partial charge is 2.00 e. The van der Waals surface area contributed by atoms with Crippen molar-refractivity contribution in [2.24, 2.45) is 0 Å². The summed E-state index contributed by atoms with van der Waals surface area (Å²) >= 11 is 0. The molecule has 0 aliphatic carbocycles. The van der Waals surface area contributed by atoms with E-state index in [1.807, 2.05) is 0 Å². The van der Waals surface area contributed by atoms with E-state index in [0.29, 0.717) is 0 Å². The molecule has 104 valence electrons. The van der Waals surface area contributed by atoms with Crippen molar-refractivity contribution in [1.82, 2.24) is 0 Å². The van der Waals surface area contributed by atoms with Crippen molar-refractivity contribution in [3.8, 4) is 0 Å². The summed E-state index contributed by atoms with van der Waals surface area (Å²) in [6.45, 7) is 0. The zero-order chi connectivity index (χ0) is 14.3. The Labute approximate surface area is 141 Å². The topological polar surface area (TPSA) is 243 Å². The van der Waals surface area contributed by atoms with Crippen LogP contribution in [-0.2, 0) is 0 Å². The van der Waals surface area contributed by atoms with Gasteiger partial charge in [0, 0.05) is 0 Å². The second kappa shape index (κ2) is 31.0. The van der Waals surface area contributed by atoms with E-state index in [9.17, 15) is 0 Å². The summed E-state index contributed by atoms with van der Waals surface area (Å²) < 4.78 is 0. The molecule has 0 bridgehead atoms. The van der Waals surface area contributed by atoms with Crippen LogP contribution in [0, 0.1) is 0 Å². The predicted molar refractivity (Wildman–Crippen MR) is 65.6 cm³/mol. The number of hydrogen-bond donors (Lipinski definition) is 12. The van der Waals surface area contributed by atoms with Crippen LogP contribution in [0.1, 0.15) is 5.71 Å². The normalized spacial score (nSPS) is 6.00. The zero-order valence-corrected chi connectivity index (χ0v) is 11.9. The maximum atomic E-state index is 7.17. The molecule has 0 amide bonds. The van der Waals surface area contributed by atoms with Gasteiger partial charge in [-0.1, -0.05) is 0 Å². The van der Waals surface area contributed by atoms with Crippen molar-refractivity contribution in [2.75, 3.05) is 0 Å². The fourth-order valence-electron chi connectivity index (χ4n) is 0. The minimum Gasteiger partial charge on any atom is -1.00 e. The summed E-state index contributed by atoms with van der Waals surface area (Å²) in [4.78, 5) is 0. The van der Waals surface area contributed by atoms with E-state index >= 15 is 0 Å². The third-order valence-electron chi connectivity index (χ3n) is 0. The van der Waals surface area contributed by atoms with Gasteiger partial charge in [0.15, 0.2) is 0 Å². The zero-order valence-electron chi connectivity index (χ0n) is 13.1. The molecule has 0 aromatic rings. The Kier molecular flexibility index (Phi) is 62.9. The monoisotopic (exact) mass is 300 g/mol. The summed E-state index contributed by atoms with van der Waals surface area (Å²) in [7, 11) is -8.67. The molecule has 0 aromatic heterocycles. The van der Waals surface area contributed by atoms with E-state index in [2.05, 4.69) is 0 Å². The first kappa shape index (κ1) is 36.5. The Hall–Kier alpha value is 1.31. The number of rotatable bonds is 0. The van der Waals surface area contributed by atoms with Crippen LogP contribution in [0.15, 0.2) is 0 Å². The second-order valence-corrected chi connectivity index (χ2v) is 1.39. The summed E-state index contributed by atoms with van der Waals surface area (Å²) in [6.07, 6.45) is 0. The molecule has 0 atom stereocenters. The van der Waals surface area contributed by atoms with Crippen LogP contribution in [0.5, 0.6) is 0 Å². The van der Waals surface area contributed by atoms with Crippen LogP contribution in [0.25, 0.3) is 0 Å². The van der Waals surface area contributed by atoms with Gasteiger partial charge in [0.05, 0.1) is 0 Å². The van der Waals surface area contributed by atoms with Crippen molar-refractivity contribution in [3.05, 3.63) is 0 Å². The minimum atomic E-state index is -2.17. The van der Waals surface area contributed by atoms with Gasteiger partial charge in [0.2, 0.25) is 0 Å². The van der Waals surface area contributed by atoms with Crippen molar-refractivity contribution in [1.29, 1.82) is 0 Å². The molecule has 0 heterocycles. The van der Waals surface area contributed by atoms with E-state index in [-0.39, 0.29) is 51.8 Å². The van der Waals surface area contributed by atoms with E-state index in [1.165, 1.54) is 0 Å². The van der Waals surface area contributed by atoms with Gasteiger partial charge < -0.3 is 66.0 Å². The molecule has 0 aromatic carbocycles. The SMILES string of the molecule is OB(O)O.OB(O)O.OB(O)O.OB(O)O.[H-].[H-].[H-].[H-].[Mg+2].[Mg+2]. The van der Waals surface area contributed by atoms with Crippen LogP contribution in [0.3, 0.4) is 0 Å². The van der Waals surface area contributed by atoms with Gasteiger partial charge in [0.25, 0.3) is 0 Å². The quantitative estimate of drug-likeness (QED) is 0.186. The fourth-order valence-corrected chi connectivity index (χ4v) is 0. The average molecular weight is 300 g/mol. The molecule has 0 aliphatic heterocycles. The van der Waals surface area contributed by atoms with Gasteiger partial charge in [-0.05, 0) is 0 Å². The van der Waals surface area contributed by atoms with Crippen LogP contribution in [0.2, 0.25) is 0 Å². The Bertz CT molecular complexity index is 80.1. The molecule has 0 saturated heterocycles. The Balaban J connectivity index is -0.00000001000. The Morgan fingerprint density at radius 2 is 0.333 bits per heavy atom. The average Bonchev–Trinajstić information content (AvgIpc) is 1.76. The smallest absolute Gasteiger partial charge is 1.00 e. The Morgan fingerprint density at radius 3 is 0.333 bits per heavy atom. The van der Waals surface area contributed by atoms with Gasteiger partial charge in [-0.15, -0.1) is 0 Å². The van der Waals surface area contributed by atoms with Gasteiger partial charge >= 0.3 is 75.4 Å². The van der Waals surface area contributed by atoms with E-state index in [1.54, 1.807) is 0 Å². The van der Waals surface area contributed by atoms with E-state index in [4.69, 9.17) is 60.3 Å². The molecule has 12 nitrogen and oxygen atoms in total. The predicted octanol–water partition coefficient (Wildman–Crippen LogP) is -8.52. The maximum Gasteiger partial charge on any atom is 2.00 e. The van der Waals surface area contributed by atoms with Crippen LogP contribution >= 0.6 is 0 Å². The van der Waals surface area contributed by atoms with Crippen molar-refractivity contribution in [2.45, 2.75) is 0 Å². The first-order chi connectivity index (χ1) is 6.93. The van der Waals surface area contributed by atoms with Gasteiger partial charge in [-0.25, -0.2) is 0 Å². The molecule has 0 radical (unpaired) electrons. The molecular weight excluding hydrogens is 284 g/mol. The summed E-state index contributed by atoms with van der Waals surface area (Å²) in [5.74, 6) is 0. The van der Waals surface area contributed by atoms with Crippen molar-refractivity contribution >= 4 is 75.4 Å². The van der Waals surface area contributed by atoms with Crippen LogP contribution in [0.4, 0.5) is 0 Å². The molecule has 12 N–H and O–H groups in total. The first-order valence-electron chi connectivity index (χ1n) is 3.10. The molecule has 0 fully saturated rings. The standard InChI is InChI=1S/4BH3O3.2Mg.4H/c4*2-1(3)4;;;;;;/h4*2-4H;;;;;;/q;;;;2*+2;4*-1. The molecular formula is H16B4Mg2O12. The van der Waals surface area contributed by atoms with Crippen LogP contribution < -0.4 is 0 Å². The Morgan fingerprint density at radius 1 is 0.333 bits per heavy atom. The summed E-state index contributed by atoms with van der Waals surface area (Å²) in [6, 6.07) is 0. The minimum absolute atomic E-state index is 0. The molecule has 0 unspecified atom stereocenters. The molecule has 0 spiro atoms. The maximum absolute atomic E-state index is 7.17. The molecule has 0 aliphatic rings. The summed E-state index contributed by atoms with van der Waals surface area (Å²) in [5.41, 5.74) is 0. The second-order valence-electron chi connectivity index (χ2n) is 1.39. The van der Waals surface area contributed by atoms with Crippen molar-refractivity contribution in [3.63, 3.8) is 0 Å². The fraction of sp³-hybridized carbons (Fsp3) is 0. The van der Waals surface area contributed by atoms with Crippen molar-refractivity contribution < 1.29 is 66.0 Å². The third kappa shape index (κ3) is 2680. The molecule has 0 rings (SSSR count). The van der Waals surface area contributed by atoms with Gasteiger partial charge in [0.1, 0.15) is 0 Å². The van der Waals surface area contributed by atoms with E-state index < -0.39 is 29.3 Å². The first-order valence-corrected chi connectivity index (χ1v) is 3.10. The van der Waals surface area contributed by atoms with Crippen LogP contribution in [-0.4, -0.2) is 136 Å². The molecule has 18 heavy (non-hydrogen) atoms. The summed E-state index contributed by atoms with van der Waals surface area (Å²) in [5, 5.41) is 86.0. The van der Waals surface area contributed by atoms with Gasteiger partial charge in [-0.3, -0.25) is 0 Å². The molecule has 18 heteroatoms. The number of hydrogen-bond acceptors (Lipinski definition) is 12.